The van der Waals surface area contributed by atoms with E-state index < -0.39 is 5.82 Å². The number of methoxy groups -OCH3 is 1. The zero-order valence-electron chi connectivity index (χ0n) is 12.4. The number of benzene rings is 1. The summed E-state index contributed by atoms with van der Waals surface area (Å²) in [5.41, 5.74) is 0.782. The maximum atomic E-state index is 13.9. The lowest BCUT2D eigenvalue weighted by Gasteiger charge is -2.38. The molecule has 2 aliphatic rings. The molecule has 1 saturated heterocycles. The minimum absolute atomic E-state index is 0.142. The van der Waals surface area contributed by atoms with Gasteiger partial charge < -0.3 is 9.64 Å². The molecule has 4 nitrogen and oxygen atoms in total. The highest BCUT2D eigenvalue weighted by Gasteiger charge is 2.44. The molecular weight excluding hydrogens is 271 g/mol. The van der Waals surface area contributed by atoms with Gasteiger partial charge in [-0.2, -0.15) is 0 Å². The predicted octanol–water partition coefficient (Wildman–Crippen LogP) is 2.60. The Labute approximate surface area is 124 Å². The average Bonchev–Trinajstić information content (AvgIpc) is 2.74. The molecule has 1 amide bonds. The molecule has 1 aliphatic carbocycles. The summed E-state index contributed by atoms with van der Waals surface area (Å²) in [6.07, 6.45) is 3.76. The molecule has 1 aromatic rings. The lowest BCUT2D eigenvalue weighted by atomic mass is 9.90. The van der Waals surface area contributed by atoms with Gasteiger partial charge in [0.05, 0.1) is 13.2 Å². The number of nitrogens with zero attached hydrogens (tertiary/aromatic N) is 1. The Morgan fingerprint density at radius 2 is 2.19 bits per heavy atom. The average molecular weight is 292 g/mol. The number of carbonyl (C=O) groups excluding carboxylic acids is 1. The highest BCUT2D eigenvalue weighted by molar-refractivity contribution is 5.85. The zero-order chi connectivity index (χ0) is 15.0. The fourth-order valence-electron chi connectivity index (χ4n) is 3.11. The Bertz CT molecular complexity index is 545. The first-order chi connectivity index (χ1) is 10.2. The summed E-state index contributed by atoms with van der Waals surface area (Å²) in [5, 5.41) is 3.34. The number of hydrogen-bond donors (Lipinski definition) is 1. The Kier molecular flexibility index (Phi) is 3.85. The summed E-state index contributed by atoms with van der Waals surface area (Å²) in [4.78, 5) is 14.4. The van der Waals surface area contributed by atoms with Gasteiger partial charge in [0.1, 0.15) is 6.17 Å². The van der Waals surface area contributed by atoms with Crippen LogP contribution in [0.1, 0.15) is 44.3 Å². The monoisotopic (exact) mass is 292 g/mol. The molecule has 2 unspecified atom stereocenters. The highest BCUT2D eigenvalue weighted by atomic mass is 19.1. The van der Waals surface area contributed by atoms with Crippen LogP contribution in [-0.2, 0) is 4.79 Å². The van der Waals surface area contributed by atoms with Gasteiger partial charge in [0.15, 0.2) is 11.6 Å². The van der Waals surface area contributed by atoms with Crippen LogP contribution in [0.15, 0.2) is 18.2 Å². The van der Waals surface area contributed by atoms with Crippen LogP contribution in [0.25, 0.3) is 0 Å². The molecule has 5 heteroatoms. The third-order valence-electron chi connectivity index (χ3n) is 4.56. The first-order valence-corrected chi connectivity index (χ1v) is 7.57. The van der Waals surface area contributed by atoms with Crippen LogP contribution in [-0.4, -0.2) is 30.0 Å². The molecule has 1 N–H and O–H groups in total. The Morgan fingerprint density at radius 3 is 2.71 bits per heavy atom. The van der Waals surface area contributed by atoms with E-state index in [1.807, 2.05) is 17.9 Å². The van der Waals surface area contributed by atoms with Crippen molar-refractivity contribution in [2.24, 2.45) is 0 Å². The maximum absolute atomic E-state index is 13.9. The van der Waals surface area contributed by atoms with E-state index in [1.165, 1.54) is 13.2 Å². The summed E-state index contributed by atoms with van der Waals surface area (Å²) < 4.78 is 18.9. The Hall–Kier alpha value is -1.62. The molecule has 1 heterocycles. The van der Waals surface area contributed by atoms with Gasteiger partial charge in [0, 0.05) is 6.04 Å². The number of ether oxygens (including phenoxy) is 1. The smallest absolute Gasteiger partial charge is 0.241 e. The van der Waals surface area contributed by atoms with Crippen LogP contribution in [0.2, 0.25) is 0 Å². The minimum Gasteiger partial charge on any atom is -0.494 e. The molecular formula is C16H21FN2O2. The number of nitrogens with one attached hydrogen (secondary N) is 1. The van der Waals surface area contributed by atoms with E-state index in [1.54, 1.807) is 6.07 Å². The maximum Gasteiger partial charge on any atom is 0.241 e. The lowest BCUT2D eigenvalue weighted by Crippen LogP contribution is -2.44. The van der Waals surface area contributed by atoms with E-state index in [9.17, 15) is 9.18 Å². The molecule has 0 radical (unpaired) electrons. The van der Waals surface area contributed by atoms with Crippen LogP contribution in [0.3, 0.4) is 0 Å². The summed E-state index contributed by atoms with van der Waals surface area (Å²) in [5.74, 6) is -0.0218. The lowest BCUT2D eigenvalue weighted by molar-refractivity contribution is -0.134. The van der Waals surface area contributed by atoms with Crippen LogP contribution in [0, 0.1) is 5.82 Å². The summed E-state index contributed by atoms with van der Waals surface area (Å²) >= 11 is 0. The number of hydrogen-bond acceptors (Lipinski definition) is 3. The van der Waals surface area contributed by atoms with Gasteiger partial charge >= 0.3 is 0 Å². The standard InChI is InChI=1S/C16H21FN2O2/c1-3-13-16(20)19(11-5-4-6-11)15(18-13)10-7-8-14(21-2)12(17)9-10/h7-9,11,13,15,18H,3-6H2,1-2H3. The minimum atomic E-state index is -0.391. The fraction of sp³-hybridized carbons (Fsp3) is 0.562. The highest BCUT2D eigenvalue weighted by Crippen LogP contribution is 2.36. The molecule has 114 valence electrons. The van der Waals surface area contributed by atoms with E-state index in [4.69, 9.17) is 4.74 Å². The molecule has 1 aromatic carbocycles. The van der Waals surface area contributed by atoms with E-state index in [0.717, 1.165) is 31.2 Å². The van der Waals surface area contributed by atoms with Crippen molar-refractivity contribution < 1.29 is 13.9 Å². The van der Waals surface area contributed by atoms with Crippen molar-refractivity contribution in [3.63, 3.8) is 0 Å². The van der Waals surface area contributed by atoms with Gasteiger partial charge in [-0.15, -0.1) is 0 Å². The SMILES string of the molecule is CCC1NC(c2ccc(OC)c(F)c2)N(C2CCC2)C1=O. The quantitative estimate of drug-likeness (QED) is 0.927. The van der Waals surface area contributed by atoms with Gasteiger partial charge in [0.2, 0.25) is 5.91 Å². The molecule has 21 heavy (non-hydrogen) atoms. The van der Waals surface area contributed by atoms with Crippen molar-refractivity contribution in [2.75, 3.05) is 7.11 Å². The molecule has 2 fully saturated rings. The predicted molar refractivity (Wildman–Crippen MR) is 77.4 cm³/mol. The van der Waals surface area contributed by atoms with Crippen LogP contribution < -0.4 is 10.1 Å². The summed E-state index contributed by atoms with van der Waals surface area (Å²) in [7, 11) is 1.45. The third kappa shape index (κ3) is 2.39. The normalized spacial score (nSPS) is 26.0. The van der Waals surface area contributed by atoms with E-state index in [2.05, 4.69) is 5.32 Å². The molecule has 0 spiro atoms. The van der Waals surface area contributed by atoms with Gasteiger partial charge in [-0.25, -0.2) is 4.39 Å². The van der Waals surface area contributed by atoms with Crippen molar-refractivity contribution in [3.8, 4) is 5.75 Å². The zero-order valence-corrected chi connectivity index (χ0v) is 12.4. The third-order valence-corrected chi connectivity index (χ3v) is 4.56. The first kappa shape index (κ1) is 14.3. The van der Waals surface area contributed by atoms with Crippen LogP contribution in [0.4, 0.5) is 4.39 Å². The van der Waals surface area contributed by atoms with Crippen molar-refractivity contribution in [1.29, 1.82) is 0 Å². The molecule has 3 rings (SSSR count). The van der Waals surface area contributed by atoms with Gasteiger partial charge in [-0.05, 0) is 43.4 Å². The van der Waals surface area contributed by atoms with Gasteiger partial charge in [-0.3, -0.25) is 10.1 Å². The molecule has 1 aliphatic heterocycles. The second-order valence-electron chi connectivity index (χ2n) is 5.75. The summed E-state index contributed by atoms with van der Waals surface area (Å²) in [6.45, 7) is 1.99. The van der Waals surface area contributed by atoms with E-state index in [0.29, 0.717) is 0 Å². The number of halogens is 1. The first-order valence-electron chi connectivity index (χ1n) is 7.57. The number of carbonyl (C=O) groups is 1. The second-order valence-corrected chi connectivity index (χ2v) is 5.75. The largest absolute Gasteiger partial charge is 0.494 e. The van der Waals surface area contributed by atoms with E-state index >= 15 is 0 Å². The van der Waals surface area contributed by atoms with Crippen molar-refractivity contribution in [1.82, 2.24) is 10.2 Å². The Morgan fingerprint density at radius 1 is 1.43 bits per heavy atom. The molecule has 0 bridgehead atoms. The van der Waals surface area contributed by atoms with Crippen LogP contribution >= 0.6 is 0 Å². The number of rotatable bonds is 4. The molecule has 0 aromatic heterocycles. The van der Waals surface area contributed by atoms with E-state index in [-0.39, 0.29) is 29.9 Å². The van der Waals surface area contributed by atoms with Crippen molar-refractivity contribution in [2.45, 2.75) is 50.9 Å². The summed E-state index contributed by atoms with van der Waals surface area (Å²) in [6, 6.07) is 5.04. The van der Waals surface area contributed by atoms with Gasteiger partial charge in [0.25, 0.3) is 0 Å². The second kappa shape index (κ2) is 5.64. The van der Waals surface area contributed by atoms with Crippen LogP contribution in [0.5, 0.6) is 5.75 Å². The molecule has 1 saturated carbocycles. The van der Waals surface area contributed by atoms with Gasteiger partial charge in [-0.1, -0.05) is 13.0 Å². The van der Waals surface area contributed by atoms with Crippen molar-refractivity contribution in [3.05, 3.63) is 29.6 Å². The Balaban J connectivity index is 1.91. The fourth-order valence-corrected chi connectivity index (χ4v) is 3.11. The molecule has 2 atom stereocenters. The van der Waals surface area contributed by atoms with Crippen molar-refractivity contribution >= 4 is 5.91 Å². The topological polar surface area (TPSA) is 41.6 Å². The number of amides is 1.